The van der Waals surface area contributed by atoms with Crippen LogP contribution < -0.4 is 10.9 Å². The lowest BCUT2D eigenvalue weighted by atomic mass is 9.99. The van der Waals surface area contributed by atoms with Gasteiger partial charge in [0, 0.05) is 55.1 Å². The number of ether oxygens (including phenoxy) is 1. The van der Waals surface area contributed by atoms with Gasteiger partial charge in [-0.05, 0) is 54.3 Å². The van der Waals surface area contributed by atoms with E-state index in [-0.39, 0.29) is 22.7 Å². The molecule has 0 bridgehead atoms. The number of non-ortho nitro benzene ring substituents is 1. The molecule has 2 aromatic carbocycles. The zero-order valence-corrected chi connectivity index (χ0v) is 20.9. The number of hydrogen-bond acceptors (Lipinski definition) is 7. The van der Waals surface area contributed by atoms with Crippen molar-refractivity contribution in [2.75, 3.05) is 31.6 Å². The number of pyridine rings is 2. The smallest absolute Gasteiger partial charge is 0.278 e. The number of aromatic amines is 1. The van der Waals surface area contributed by atoms with Crippen LogP contribution in [0.3, 0.4) is 0 Å². The van der Waals surface area contributed by atoms with Gasteiger partial charge in [0.1, 0.15) is 5.82 Å². The molecule has 5 rings (SSSR count). The number of nitrogens with zero attached hydrogens (tertiary/aromatic N) is 3. The van der Waals surface area contributed by atoms with Gasteiger partial charge in [-0.1, -0.05) is 24.3 Å². The lowest BCUT2D eigenvalue weighted by molar-refractivity contribution is -0.383. The third-order valence-electron chi connectivity index (χ3n) is 6.78. The van der Waals surface area contributed by atoms with Crippen molar-refractivity contribution < 1.29 is 9.66 Å². The SMILES string of the molecule is Cc1cc(C)c(CNc2nccc3c([N+](=O)[O-])cc(-c4ccc(CN5CCOCC5)cc4)cc23)c(=O)[nH]1. The van der Waals surface area contributed by atoms with Crippen LogP contribution in [0.25, 0.3) is 21.9 Å². The molecule has 2 N–H and O–H groups in total. The minimum absolute atomic E-state index is 0.0136. The van der Waals surface area contributed by atoms with Crippen LogP contribution in [0.5, 0.6) is 0 Å². The number of nitro benzene ring substituents is 1. The molecule has 1 aliphatic rings. The van der Waals surface area contributed by atoms with Gasteiger partial charge in [-0.25, -0.2) is 4.98 Å². The number of nitro groups is 1. The van der Waals surface area contributed by atoms with Crippen molar-refractivity contribution in [2.24, 2.45) is 0 Å². The molecule has 0 atom stereocenters. The van der Waals surface area contributed by atoms with Crippen LogP contribution in [0.2, 0.25) is 0 Å². The summed E-state index contributed by atoms with van der Waals surface area (Å²) in [6, 6.07) is 15.2. The summed E-state index contributed by atoms with van der Waals surface area (Å²) in [6.07, 6.45) is 1.55. The van der Waals surface area contributed by atoms with Crippen molar-refractivity contribution in [1.29, 1.82) is 0 Å². The van der Waals surface area contributed by atoms with Crippen molar-refractivity contribution in [3.05, 3.63) is 97.6 Å². The molecule has 37 heavy (non-hydrogen) atoms. The summed E-state index contributed by atoms with van der Waals surface area (Å²) in [6.45, 7) is 8.15. The normalized spacial score (nSPS) is 14.1. The van der Waals surface area contributed by atoms with E-state index in [9.17, 15) is 14.9 Å². The fourth-order valence-electron chi connectivity index (χ4n) is 4.82. The fourth-order valence-corrected chi connectivity index (χ4v) is 4.82. The van der Waals surface area contributed by atoms with Crippen LogP contribution in [0.4, 0.5) is 11.5 Å². The Balaban J connectivity index is 1.48. The molecule has 1 fully saturated rings. The summed E-state index contributed by atoms with van der Waals surface area (Å²) in [7, 11) is 0. The number of hydrogen-bond donors (Lipinski definition) is 2. The fraction of sp³-hybridized carbons (Fsp3) is 0.286. The molecule has 9 nitrogen and oxygen atoms in total. The van der Waals surface area contributed by atoms with Crippen molar-refractivity contribution in [2.45, 2.75) is 26.9 Å². The lowest BCUT2D eigenvalue weighted by Crippen LogP contribution is -2.35. The van der Waals surface area contributed by atoms with Crippen LogP contribution >= 0.6 is 0 Å². The molecule has 1 aliphatic heterocycles. The first-order valence-corrected chi connectivity index (χ1v) is 12.3. The van der Waals surface area contributed by atoms with Crippen LogP contribution in [0.15, 0.2) is 59.5 Å². The molecule has 0 radical (unpaired) electrons. The summed E-state index contributed by atoms with van der Waals surface area (Å²) in [5.41, 5.74) is 4.93. The van der Waals surface area contributed by atoms with Crippen molar-refractivity contribution >= 4 is 22.3 Å². The molecule has 190 valence electrons. The van der Waals surface area contributed by atoms with E-state index in [0.717, 1.165) is 55.2 Å². The standard InChI is InChI=1S/C28H29N5O4/c1-18-13-19(2)31-28(34)25(18)16-30-27-24-14-22(15-26(33(35)36)23(24)7-8-29-27)21-5-3-20(4-6-21)17-32-9-11-37-12-10-32/h3-8,13-15H,9-12,16-17H2,1-2H3,(H,29,30)(H,31,34). The number of anilines is 1. The van der Waals surface area contributed by atoms with Gasteiger partial charge < -0.3 is 15.0 Å². The second-order valence-corrected chi connectivity index (χ2v) is 9.39. The molecule has 2 aromatic heterocycles. The molecule has 0 spiro atoms. The highest BCUT2D eigenvalue weighted by Crippen LogP contribution is 2.35. The third-order valence-corrected chi connectivity index (χ3v) is 6.78. The number of H-pyrrole nitrogens is 1. The highest BCUT2D eigenvalue weighted by atomic mass is 16.6. The Labute approximate surface area is 214 Å². The third kappa shape index (κ3) is 5.37. The summed E-state index contributed by atoms with van der Waals surface area (Å²) in [4.78, 5) is 33.7. The highest BCUT2D eigenvalue weighted by Gasteiger charge is 2.18. The Bertz CT molecular complexity index is 1510. The molecule has 4 aromatic rings. The molecule has 0 unspecified atom stereocenters. The van der Waals surface area contributed by atoms with E-state index >= 15 is 0 Å². The first-order valence-electron chi connectivity index (χ1n) is 12.3. The van der Waals surface area contributed by atoms with E-state index in [1.807, 2.05) is 38.1 Å². The summed E-state index contributed by atoms with van der Waals surface area (Å²) in [5.74, 6) is 0.491. The Morgan fingerprint density at radius 2 is 1.81 bits per heavy atom. The number of morpholine rings is 1. The average Bonchev–Trinajstić information content (AvgIpc) is 2.88. The number of nitrogens with one attached hydrogen (secondary N) is 2. The van der Waals surface area contributed by atoms with E-state index in [4.69, 9.17) is 4.74 Å². The minimum Gasteiger partial charge on any atom is -0.379 e. The van der Waals surface area contributed by atoms with Gasteiger partial charge in [0.2, 0.25) is 0 Å². The van der Waals surface area contributed by atoms with Crippen LogP contribution in [-0.2, 0) is 17.8 Å². The average molecular weight is 500 g/mol. The maximum atomic E-state index is 12.5. The summed E-state index contributed by atoms with van der Waals surface area (Å²) < 4.78 is 5.42. The predicted molar refractivity (Wildman–Crippen MR) is 144 cm³/mol. The monoisotopic (exact) mass is 499 g/mol. The number of aromatic nitrogens is 2. The molecule has 3 heterocycles. The predicted octanol–water partition coefficient (Wildman–Crippen LogP) is 4.56. The van der Waals surface area contributed by atoms with Crippen LogP contribution in [0, 0.1) is 24.0 Å². The zero-order valence-electron chi connectivity index (χ0n) is 20.9. The van der Waals surface area contributed by atoms with Crippen LogP contribution in [-0.4, -0.2) is 46.1 Å². The summed E-state index contributed by atoms with van der Waals surface area (Å²) >= 11 is 0. The molecule has 0 aliphatic carbocycles. The van der Waals surface area contributed by atoms with Gasteiger partial charge in [0.05, 0.1) is 23.5 Å². The van der Waals surface area contributed by atoms with Gasteiger partial charge >= 0.3 is 0 Å². The first-order chi connectivity index (χ1) is 17.9. The van der Waals surface area contributed by atoms with E-state index < -0.39 is 0 Å². The van der Waals surface area contributed by atoms with Gasteiger partial charge in [0.15, 0.2) is 0 Å². The number of fused-ring (bicyclic) bond motifs is 1. The van der Waals surface area contributed by atoms with Gasteiger partial charge in [-0.3, -0.25) is 19.8 Å². The molecular formula is C28H29N5O4. The van der Waals surface area contributed by atoms with E-state index in [0.29, 0.717) is 22.2 Å². The molecule has 9 heteroatoms. The largest absolute Gasteiger partial charge is 0.379 e. The van der Waals surface area contributed by atoms with Crippen molar-refractivity contribution in [3.63, 3.8) is 0 Å². The Hall–Kier alpha value is -4.08. The van der Waals surface area contributed by atoms with E-state index in [2.05, 4.69) is 32.3 Å². The van der Waals surface area contributed by atoms with Crippen LogP contribution in [0.1, 0.15) is 22.4 Å². The van der Waals surface area contributed by atoms with E-state index in [1.54, 1.807) is 18.3 Å². The lowest BCUT2D eigenvalue weighted by Gasteiger charge is -2.26. The Kier molecular flexibility index (Phi) is 6.98. The van der Waals surface area contributed by atoms with E-state index in [1.165, 1.54) is 5.56 Å². The number of benzene rings is 2. The highest BCUT2D eigenvalue weighted by molar-refractivity contribution is 6.00. The maximum Gasteiger partial charge on any atom is 0.278 e. The molecule has 0 saturated carbocycles. The number of aryl methyl sites for hydroxylation is 2. The molecule has 0 amide bonds. The topological polar surface area (TPSA) is 113 Å². The number of rotatable bonds is 7. The second-order valence-electron chi connectivity index (χ2n) is 9.39. The quantitative estimate of drug-likeness (QED) is 0.283. The van der Waals surface area contributed by atoms with Gasteiger partial charge in [-0.2, -0.15) is 0 Å². The zero-order chi connectivity index (χ0) is 25.9. The Morgan fingerprint density at radius 1 is 1.05 bits per heavy atom. The second kappa shape index (κ2) is 10.5. The minimum atomic E-state index is -0.364. The maximum absolute atomic E-state index is 12.5. The van der Waals surface area contributed by atoms with Crippen molar-refractivity contribution in [1.82, 2.24) is 14.9 Å². The Morgan fingerprint density at radius 3 is 2.51 bits per heavy atom. The molecular weight excluding hydrogens is 470 g/mol. The van der Waals surface area contributed by atoms with Gasteiger partial charge in [-0.15, -0.1) is 0 Å². The van der Waals surface area contributed by atoms with Crippen molar-refractivity contribution in [3.8, 4) is 11.1 Å². The summed E-state index contributed by atoms with van der Waals surface area (Å²) in [5, 5.41) is 16.3. The molecule has 1 saturated heterocycles. The first kappa shape index (κ1) is 24.6. The van der Waals surface area contributed by atoms with Gasteiger partial charge in [0.25, 0.3) is 11.2 Å².